The molecular weight excluding hydrogens is 306 g/mol. The van der Waals surface area contributed by atoms with Crippen molar-refractivity contribution in [2.45, 2.75) is 45.1 Å². The molecule has 1 saturated carbocycles. The minimum absolute atomic E-state index is 0.0893. The molecule has 0 spiro atoms. The van der Waals surface area contributed by atoms with Crippen LogP contribution in [0.2, 0.25) is 0 Å². The summed E-state index contributed by atoms with van der Waals surface area (Å²) in [4.78, 5) is 16.7. The van der Waals surface area contributed by atoms with E-state index < -0.39 is 0 Å². The van der Waals surface area contributed by atoms with Gasteiger partial charge in [0.05, 0.1) is 7.11 Å². The fourth-order valence-corrected chi connectivity index (χ4v) is 3.03. The van der Waals surface area contributed by atoms with E-state index in [1.165, 1.54) is 6.42 Å². The van der Waals surface area contributed by atoms with Gasteiger partial charge in [-0.25, -0.2) is 0 Å². The third kappa shape index (κ3) is 3.75. The van der Waals surface area contributed by atoms with Crippen LogP contribution in [0.5, 0.6) is 5.75 Å². The third-order valence-electron chi connectivity index (χ3n) is 4.50. The standard InChI is InChI=1S/C18H23N3O3/c1-12(19-17(22)14-6-4-3-5-7-14)18-20-16(21-24-18)13-8-10-15(23-2)11-9-13/h8-12,14H,3-7H2,1-2H3,(H,19,22). The van der Waals surface area contributed by atoms with Crippen molar-refractivity contribution >= 4 is 5.91 Å². The summed E-state index contributed by atoms with van der Waals surface area (Å²) in [6.45, 7) is 1.87. The zero-order valence-electron chi connectivity index (χ0n) is 14.1. The number of benzene rings is 1. The van der Waals surface area contributed by atoms with Crippen LogP contribution in [-0.2, 0) is 4.79 Å². The Morgan fingerprint density at radius 3 is 2.62 bits per heavy atom. The van der Waals surface area contributed by atoms with Gasteiger partial charge in [-0.3, -0.25) is 4.79 Å². The van der Waals surface area contributed by atoms with Gasteiger partial charge in [-0.2, -0.15) is 4.98 Å². The molecule has 1 aromatic heterocycles. The Hall–Kier alpha value is -2.37. The lowest BCUT2D eigenvalue weighted by Gasteiger charge is -2.22. The smallest absolute Gasteiger partial charge is 0.249 e. The number of carbonyl (C=O) groups is 1. The van der Waals surface area contributed by atoms with E-state index in [0.717, 1.165) is 37.0 Å². The first-order valence-electron chi connectivity index (χ1n) is 8.46. The summed E-state index contributed by atoms with van der Waals surface area (Å²) in [6, 6.07) is 7.15. The van der Waals surface area contributed by atoms with Crippen molar-refractivity contribution in [3.05, 3.63) is 30.2 Å². The van der Waals surface area contributed by atoms with Crippen LogP contribution in [0, 0.1) is 5.92 Å². The van der Waals surface area contributed by atoms with Crippen molar-refractivity contribution in [1.29, 1.82) is 0 Å². The van der Waals surface area contributed by atoms with Crippen molar-refractivity contribution in [1.82, 2.24) is 15.5 Å². The lowest BCUT2D eigenvalue weighted by atomic mass is 9.88. The van der Waals surface area contributed by atoms with E-state index >= 15 is 0 Å². The first-order chi connectivity index (χ1) is 11.7. The molecule has 1 aliphatic rings. The second-order valence-electron chi connectivity index (χ2n) is 6.25. The molecule has 1 N–H and O–H groups in total. The Morgan fingerprint density at radius 2 is 1.96 bits per heavy atom. The Balaban J connectivity index is 1.64. The average molecular weight is 329 g/mol. The molecule has 1 heterocycles. The van der Waals surface area contributed by atoms with Gasteiger partial charge in [0, 0.05) is 11.5 Å². The quantitative estimate of drug-likeness (QED) is 0.908. The third-order valence-corrected chi connectivity index (χ3v) is 4.50. The molecule has 0 bridgehead atoms. The predicted molar refractivity (Wildman–Crippen MR) is 89.4 cm³/mol. The van der Waals surface area contributed by atoms with Gasteiger partial charge in [0.25, 0.3) is 0 Å². The summed E-state index contributed by atoms with van der Waals surface area (Å²) >= 11 is 0. The average Bonchev–Trinajstić information content (AvgIpc) is 3.13. The highest BCUT2D eigenvalue weighted by Crippen LogP contribution is 2.25. The Morgan fingerprint density at radius 1 is 1.25 bits per heavy atom. The number of rotatable bonds is 5. The maximum Gasteiger partial charge on any atom is 0.249 e. The van der Waals surface area contributed by atoms with Crippen LogP contribution in [0.3, 0.4) is 0 Å². The van der Waals surface area contributed by atoms with Gasteiger partial charge in [-0.15, -0.1) is 0 Å². The number of methoxy groups -OCH3 is 1. The van der Waals surface area contributed by atoms with Crippen molar-refractivity contribution in [2.24, 2.45) is 5.92 Å². The highest BCUT2D eigenvalue weighted by molar-refractivity contribution is 5.79. The normalized spacial score (nSPS) is 16.6. The van der Waals surface area contributed by atoms with Gasteiger partial charge in [0.1, 0.15) is 11.8 Å². The van der Waals surface area contributed by atoms with Crippen molar-refractivity contribution in [2.75, 3.05) is 7.11 Å². The molecule has 2 aromatic rings. The molecule has 24 heavy (non-hydrogen) atoms. The van der Waals surface area contributed by atoms with Gasteiger partial charge in [-0.1, -0.05) is 24.4 Å². The number of hydrogen-bond donors (Lipinski definition) is 1. The highest BCUT2D eigenvalue weighted by atomic mass is 16.5. The highest BCUT2D eigenvalue weighted by Gasteiger charge is 2.24. The van der Waals surface area contributed by atoms with Gasteiger partial charge in [0.2, 0.25) is 17.6 Å². The lowest BCUT2D eigenvalue weighted by Crippen LogP contribution is -2.33. The molecule has 1 amide bonds. The van der Waals surface area contributed by atoms with Crippen molar-refractivity contribution in [3.8, 4) is 17.1 Å². The fourth-order valence-electron chi connectivity index (χ4n) is 3.03. The molecule has 0 saturated heterocycles. The molecule has 3 rings (SSSR count). The van der Waals surface area contributed by atoms with Crippen LogP contribution in [0.4, 0.5) is 0 Å². The van der Waals surface area contributed by atoms with E-state index in [1.54, 1.807) is 7.11 Å². The van der Waals surface area contributed by atoms with Gasteiger partial charge in [0.15, 0.2) is 0 Å². The summed E-state index contributed by atoms with van der Waals surface area (Å²) in [6.07, 6.45) is 5.44. The van der Waals surface area contributed by atoms with E-state index in [4.69, 9.17) is 9.26 Å². The number of carbonyl (C=O) groups excluding carboxylic acids is 1. The second kappa shape index (κ2) is 7.47. The van der Waals surface area contributed by atoms with E-state index in [-0.39, 0.29) is 17.9 Å². The van der Waals surface area contributed by atoms with Gasteiger partial charge < -0.3 is 14.6 Å². The number of ether oxygens (including phenoxy) is 1. The van der Waals surface area contributed by atoms with Crippen LogP contribution >= 0.6 is 0 Å². The van der Waals surface area contributed by atoms with E-state index in [0.29, 0.717) is 11.7 Å². The molecule has 6 nitrogen and oxygen atoms in total. The molecule has 1 aliphatic carbocycles. The summed E-state index contributed by atoms with van der Waals surface area (Å²) in [7, 11) is 1.62. The SMILES string of the molecule is COc1ccc(-c2noc(C(C)NC(=O)C3CCCCC3)n2)cc1. The zero-order chi connectivity index (χ0) is 16.9. The number of nitrogens with zero attached hydrogens (tertiary/aromatic N) is 2. The molecule has 6 heteroatoms. The topological polar surface area (TPSA) is 77.3 Å². The van der Waals surface area contributed by atoms with Crippen LogP contribution < -0.4 is 10.1 Å². The maximum atomic E-state index is 12.3. The summed E-state index contributed by atoms with van der Waals surface area (Å²) in [5.74, 6) is 1.91. The number of amides is 1. The van der Waals surface area contributed by atoms with Crippen molar-refractivity contribution in [3.63, 3.8) is 0 Å². The molecular formula is C18H23N3O3. The first kappa shape index (κ1) is 16.5. The Labute approximate surface area is 141 Å². The van der Waals surface area contributed by atoms with Crippen LogP contribution in [-0.4, -0.2) is 23.2 Å². The minimum Gasteiger partial charge on any atom is -0.497 e. The lowest BCUT2D eigenvalue weighted by molar-refractivity contribution is -0.126. The minimum atomic E-state index is -0.293. The summed E-state index contributed by atoms with van der Waals surface area (Å²) in [5.41, 5.74) is 0.844. The second-order valence-corrected chi connectivity index (χ2v) is 6.25. The van der Waals surface area contributed by atoms with Gasteiger partial charge >= 0.3 is 0 Å². The summed E-state index contributed by atoms with van der Waals surface area (Å²) in [5, 5.41) is 7.00. The van der Waals surface area contributed by atoms with E-state index in [2.05, 4.69) is 15.5 Å². The first-order valence-corrected chi connectivity index (χ1v) is 8.46. The maximum absolute atomic E-state index is 12.3. The molecule has 1 fully saturated rings. The Bertz CT molecular complexity index is 675. The van der Waals surface area contributed by atoms with E-state index in [1.807, 2.05) is 31.2 Å². The number of hydrogen-bond acceptors (Lipinski definition) is 5. The molecule has 1 atom stereocenters. The molecule has 0 radical (unpaired) electrons. The van der Waals surface area contributed by atoms with Crippen LogP contribution in [0.1, 0.15) is 51.0 Å². The molecule has 0 aliphatic heterocycles. The van der Waals surface area contributed by atoms with Crippen LogP contribution in [0.15, 0.2) is 28.8 Å². The zero-order valence-corrected chi connectivity index (χ0v) is 14.1. The largest absolute Gasteiger partial charge is 0.497 e. The molecule has 1 aromatic carbocycles. The number of nitrogens with one attached hydrogen (secondary N) is 1. The molecule has 128 valence electrons. The summed E-state index contributed by atoms with van der Waals surface area (Å²) < 4.78 is 10.5. The monoisotopic (exact) mass is 329 g/mol. The van der Waals surface area contributed by atoms with Crippen molar-refractivity contribution < 1.29 is 14.1 Å². The van der Waals surface area contributed by atoms with E-state index in [9.17, 15) is 4.79 Å². The predicted octanol–water partition coefficient (Wildman–Crippen LogP) is 3.50. The number of aromatic nitrogens is 2. The van der Waals surface area contributed by atoms with Gasteiger partial charge in [-0.05, 0) is 44.0 Å². The Kier molecular flexibility index (Phi) is 5.13. The fraction of sp³-hybridized carbons (Fsp3) is 0.500. The van der Waals surface area contributed by atoms with Crippen LogP contribution in [0.25, 0.3) is 11.4 Å². The molecule has 1 unspecified atom stereocenters.